The van der Waals surface area contributed by atoms with Gasteiger partial charge < -0.3 is 15.5 Å². The number of benzene rings is 1. The summed E-state index contributed by atoms with van der Waals surface area (Å²) in [5, 5.41) is 7.70. The summed E-state index contributed by atoms with van der Waals surface area (Å²) >= 11 is 1.33. The van der Waals surface area contributed by atoms with Crippen LogP contribution in [0.1, 0.15) is 53.1 Å². The minimum atomic E-state index is -0.671. The van der Waals surface area contributed by atoms with Gasteiger partial charge in [-0.1, -0.05) is 19.1 Å². The number of amides is 3. The Labute approximate surface area is 185 Å². The van der Waals surface area contributed by atoms with E-state index >= 15 is 0 Å². The standard InChI is InChI=1S/C23H28FN3O3S/c1-3-15(2)25-22(29)20(26-21(28)19-8-5-13-31-19)16-9-11-27(12-10-16)23(30)17-6-4-7-18(24)14-17/h4-8,13-16,20H,3,9-12H2,1-2H3,(H,25,29)(H,26,28)/t15-,20+/m1/s1. The summed E-state index contributed by atoms with van der Waals surface area (Å²) in [7, 11) is 0. The van der Waals surface area contributed by atoms with Gasteiger partial charge in [0.15, 0.2) is 0 Å². The normalized spacial score (nSPS) is 16.4. The summed E-state index contributed by atoms with van der Waals surface area (Å²) in [6, 6.07) is 8.51. The van der Waals surface area contributed by atoms with Crippen LogP contribution in [-0.4, -0.2) is 47.8 Å². The largest absolute Gasteiger partial charge is 0.352 e. The quantitative estimate of drug-likeness (QED) is 0.685. The van der Waals surface area contributed by atoms with Gasteiger partial charge in [-0.05, 0) is 61.7 Å². The first-order valence-corrected chi connectivity index (χ1v) is 11.5. The van der Waals surface area contributed by atoms with Crippen molar-refractivity contribution in [2.45, 2.75) is 45.2 Å². The van der Waals surface area contributed by atoms with Gasteiger partial charge in [-0.25, -0.2) is 4.39 Å². The molecule has 31 heavy (non-hydrogen) atoms. The monoisotopic (exact) mass is 445 g/mol. The molecule has 2 N–H and O–H groups in total. The van der Waals surface area contributed by atoms with Crippen molar-refractivity contribution in [3.05, 3.63) is 58.0 Å². The molecule has 1 aromatic carbocycles. The van der Waals surface area contributed by atoms with Gasteiger partial charge in [-0.2, -0.15) is 0 Å². The van der Waals surface area contributed by atoms with Crippen LogP contribution in [0.4, 0.5) is 4.39 Å². The first kappa shape index (κ1) is 22.9. The number of nitrogens with one attached hydrogen (secondary N) is 2. The van der Waals surface area contributed by atoms with Crippen LogP contribution in [0.3, 0.4) is 0 Å². The van der Waals surface area contributed by atoms with Gasteiger partial charge in [0.25, 0.3) is 11.8 Å². The maximum Gasteiger partial charge on any atom is 0.262 e. The van der Waals surface area contributed by atoms with E-state index in [1.807, 2.05) is 19.2 Å². The molecule has 8 heteroatoms. The number of carbonyl (C=O) groups excluding carboxylic acids is 3. The predicted molar refractivity (Wildman–Crippen MR) is 118 cm³/mol. The maximum atomic E-state index is 13.5. The second-order valence-corrected chi connectivity index (χ2v) is 8.83. The molecule has 1 saturated heterocycles. The predicted octanol–water partition coefficient (Wildman–Crippen LogP) is 3.45. The molecule has 0 saturated carbocycles. The van der Waals surface area contributed by atoms with Crippen molar-refractivity contribution >= 4 is 29.1 Å². The molecule has 1 fully saturated rings. The third-order valence-corrected chi connectivity index (χ3v) is 6.55. The Kier molecular flexibility index (Phi) is 7.79. The molecule has 0 unspecified atom stereocenters. The Morgan fingerprint density at radius 1 is 1.16 bits per heavy atom. The number of rotatable bonds is 7. The molecular weight excluding hydrogens is 417 g/mol. The molecule has 1 aliphatic heterocycles. The third kappa shape index (κ3) is 5.91. The van der Waals surface area contributed by atoms with Crippen molar-refractivity contribution in [3.8, 4) is 0 Å². The number of carbonyl (C=O) groups is 3. The zero-order valence-corrected chi connectivity index (χ0v) is 18.6. The van der Waals surface area contributed by atoms with Crippen molar-refractivity contribution in [1.82, 2.24) is 15.5 Å². The number of hydrogen-bond acceptors (Lipinski definition) is 4. The van der Waals surface area contributed by atoms with Crippen molar-refractivity contribution < 1.29 is 18.8 Å². The number of likely N-dealkylation sites (tertiary alicyclic amines) is 1. The average molecular weight is 446 g/mol. The molecular formula is C23H28FN3O3S. The highest BCUT2D eigenvalue weighted by Gasteiger charge is 2.34. The molecule has 0 bridgehead atoms. The molecule has 0 radical (unpaired) electrons. The summed E-state index contributed by atoms with van der Waals surface area (Å²) in [6.45, 7) is 4.81. The lowest BCUT2D eigenvalue weighted by Crippen LogP contribution is -2.55. The van der Waals surface area contributed by atoms with E-state index in [1.165, 1.54) is 29.5 Å². The highest BCUT2D eigenvalue weighted by molar-refractivity contribution is 7.12. The number of hydrogen-bond donors (Lipinski definition) is 2. The summed E-state index contributed by atoms with van der Waals surface area (Å²) in [5.41, 5.74) is 0.315. The molecule has 1 aliphatic rings. The zero-order chi connectivity index (χ0) is 22.4. The number of thiophene rings is 1. The molecule has 2 atom stereocenters. The lowest BCUT2D eigenvalue weighted by atomic mass is 9.88. The van der Waals surface area contributed by atoms with Crippen molar-refractivity contribution in [3.63, 3.8) is 0 Å². The average Bonchev–Trinajstić information content (AvgIpc) is 3.32. The van der Waals surface area contributed by atoms with E-state index in [-0.39, 0.29) is 29.7 Å². The van der Waals surface area contributed by atoms with Crippen LogP contribution in [0, 0.1) is 11.7 Å². The maximum absolute atomic E-state index is 13.5. The van der Waals surface area contributed by atoms with Gasteiger partial charge in [0, 0.05) is 24.7 Å². The van der Waals surface area contributed by atoms with Crippen LogP contribution in [0.25, 0.3) is 0 Å². The van der Waals surface area contributed by atoms with Gasteiger partial charge in [0.1, 0.15) is 11.9 Å². The van der Waals surface area contributed by atoms with E-state index in [0.717, 1.165) is 6.42 Å². The molecule has 0 spiro atoms. The van der Waals surface area contributed by atoms with Crippen LogP contribution in [0.2, 0.25) is 0 Å². The van der Waals surface area contributed by atoms with E-state index < -0.39 is 11.9 Å². The molecule has 3 amide bonds. The van der Waals surface area contributed by atoms with Crippen molar-refractivity contribution in [1.29, 1.82) is 0 Å². The Morgan fingerprint density at radius 3 is 2.52 bits per heavy atom. The van der Waals surface area contributed by atoms with Gasteiger partial charge in [0.2, 0.25) is 5.91 Å². The van der Waals surface area contributed by atoms with Crippen LogP contribution >= 0.6 is 11.3 Å². The van der Waals surface area contributed by atoms with Crippen LogP contribution in [0.5, 0.6) is 0 Å². The zero-order valence-electron chi connectivity index (χ0n) is 17.8. The lowest BCUT2D eigenvalue weighted by molar-refractivity contribution is -0.125. The van der Waals surface area contributed by atoms with Gasteiger partial charge in [-0.3, -0.25) is 14.4 Å². The molecule has 166 valence electrons. The summed E-state index contributed by atoms with van der Waals surface area (Å²) in [6.07, 6.45) is 1.94. The molecule has 2 heterocycles. The Bertz CT molecular complexity index is 911. The van der Waals surface area contributed by atoms with E-state index in [4.69, 9.17) is 0 Å². The van der Waals surface area contributed by atoms with Crippen molar-refractivity contribution in [2.75, 3.05) is 13.1 Å². The second kappa shape index (κ2) is 10.5. The molecule has 3 rings (SSSR count). The number of nitrogens with zero attached hydrogens (tertiary/aromatic N) is 1. The van der Waals surface area contributed by atoms with Crippen LogP contribution in [0.15, 0.2) is 41.8 Å². The topological polar surface area (TPSA) is 78.5 Å². The lowest BCUT2D eigenvalue weighted by Gasteiger charge is -2.36. The van der Waals surface area contributed by atoms with Crippen molar-refractivity contribution in [2.24, 2.45) is 5.92 Å². The smallest absolute Gasteiger partial charge is 0.262 e. The Morgan fingerprint density at radius 2 is 1.90 bits per heavy atom. The summed E-state index contributed by atoms with van der Waals surface area (Å²) < 4.78 is 13.5. The van der Waals surface area contributed by atoms with E-state index in [9.17, 15) is 18.8 Å². The molecule has 6 nitrogen and oxygen atoms in total. The summed E-state index contributed by atoms with van der Waals surface area (Å²) in [5.74, 6) is -1.23. The highest BCUT2D eigenvalue weighted by atomic mass is 32.1. The van der Waals surface area contributed by atoms with Crippen LogP contribution in [-0.2, 0) is 4.79 Å². The molecule has 2 aromatic rings. The fraction of sp³-hybridized carbons (Fsp3) is 0.435. The molecule has 1 aromatic heterocycles. The van der Waals surface area contributed by atoms with E-state index in [2.05, 4.69) is 10.6 Å². The second-order valence-electron chi connectivity index (χ2n) is 7.89. The summed E-state index contributed by atoms with van der Waals surface area (Å²) in [4.78, 5) is 40.5. The minimum Gasteiger partial charge on any atom is -0.352 e. The van der Waals surface area contributed by atoms with E-state index in [0.29, 0.717) is 36.4 Å². The van der Waals surface area contributed by atoms with Gasteiger partial charge in [-0.15, -0.1) is 11.3 Å². The molecule has 0 aliphatic carbocycles. The third-order valence-electron chi connectivity index (χ3n) is 5.68. The highest BCUT2D eigenvalue weighted by Crippen LogP contribution is 2.23. The van der Waals surface area contributed by atoms with Gasteiger partial charge in [0.05, 0.1) is 4.88 Å². The number of halogens is 1. The SMILES string of the molecule is CC[C@@H](C)NC(=O)[C@@H](NC(=O)c1cccs1)C1CCN(C(=O)c2cccc(F)c2)CC1. The fourth-order valence-corrected chi connectivity index (χ4v) is 4.32. The van der Waals surface area contributed by atoms with E-state index in [1.54, 1.807) is 23.1 Å². The first-order chi connectivity index (χ1) is 14.9. The Balaban J connectivity index is 1.67. The Hall–Kier alpha value is -2.74. The first-order valence-electron chi connectivity index (χ1n) is 10.6. The van der Waals surface area contributed by atoms with Gasteiger partial charge >= 0.3 is 0 Å². The minimum absolute atomic E-state index is 0.00304. The fourth-order valence-electron chi connectivity index (χ4n) is 3.69. The number of piperidine rings is 1. The van der Waals surface area contributed by atoms with Crippen LogP contribution < -0.4 is 10.6 Å².